The molecule has 0 bridgehead atoms. The Kier molecular flexibility index (Phi) is 6.67. The zero-order valence-corrected chi connectivity index (χ0v) is 16.4. The molecule has 0 aromatic heterocycles. The summed E-state index contributed by atoms with van der Waals surface area (Å²) in [5.41, 5.74) is 0. The van der Waals surface area contributed by atoms with Gasteiger partial charge in [0.15, 0.2) is 0 Å². The van der Waals surface area contributed by atoms with Gasteiger partial charge in [-0.2, -0.15) is 4.31 Å². The number of benzene rings is 1. The van der Waals surface area contributed by atoms with Gasteiger partial charge < -0.3 is 14.2 Å². The Hall–Kier alpha value is -1.35. The van der Waals surface area contributed by atoms with Crippen molar-refractivity contribution in [2.45, 2.75) is 30.8 Å². The zero-order valence-electron chi connectivity index (χ0n) is 15.6. The van der Waals surface area contributed by atoms with E-state index in [1.807, 2.05) is 13.8 Å². The number of piperazine rings is 1. The molecular formula is C17H28N2O5S. The predicted molar refractivity (Wildman–Crippen MR) is 95.8 cm³/mol. The van der Waals surface area contributed by atoms with Crippen molar-refractivity contribution in [2.75, 3.05) is 47.6 Å². The average molecular weight is 372 g/mol. The first kappa shape index (κ1) is 20.0. The van der Waals surface area contributed by atoms with Crippen LogP contribution in [0.25, 0.3) is 0 Å². The minimum absolute atomic E-state index is 0.102. The molecule has 0 amide bonds. The number of methoxy groups -OCH3 is 3. The maximum atomic E-state index is 13.2. The third kappa shape index (κ3) is 4.25. The molecule has 2 rings (SSSR count). The maximum absolute atomic E-state index is 13.2. The fourth-order valence-electron chi connectivity index (χ4n) is 3.27. The van der Waals surface area contributed by atoms with Gasteiger partial charge in [-0.05, 0) is 26.0 Å². The smallest absolute Gasteiger partial charge is 0.247 e. The van der Waals surface area contributed by atoms with Crippen LogP contribution in [0.2, 0.25) is 0 Å². The molecule has 8 heteroatoms. The van der Waals surface area contributed by atoms with Crippen LogP contribution in [-0.4, -0.2) is 77.3 Å². The number of rotatable bonds is 7. The molecule has 2 unspecified atom stereocenters. The van der Waals surface area contributed by atoms with Crippen molar-refractivity contribution < 1.29 is 22.6 Å². The normalized spacial score (nSPS) is 22.8. The highest BCUT2D eigenvalue weighted by Crippen LogP contribution is 2.32. The molecular weight excluding hydrogens is 344 g/mol. The summed E-state index contributed by atoms with van der Waals surface area (Å²) >= 11 is 0. The minimum Gasteiger partial charge on any atom is -0.497 e. The highest BCUT2D eigenvalue weighted by molar-refractivity contribution is 7.89. The van der Waals surface area contributed by atoms with E-state index in [1.165, 1.54) is 24.6 Å². The standard InChI is InChI=1S/C17H28N2O5S/c1-13-11-18(12-14(2)19(13)8-9-22-3)25(20,21)17-10-15(23-4)6-7-16(17)24-5/h6-7,10,13-14H,8-9,11-12H2,1-5H3. The lowest BCUT2D eigenvalue weighted by Crippen LogP contribution is -2.58. The summed E-state index contributed by atoms with van der Waals surface area (Å²) in [7, 11) is 0.973. The van der Waals surface area contributed by atoms with Crippen LogP contribution in [0.4, 0.5) is 0 Å². The lowest BCUT2D eigenvalue weighted by Gasteiger charge is -2.43. The van der Waals surface area contributed by atoms with E-state index in [4.69, 9.17) is 14.2 Å². The third-order valence-corrected chi connectivity index (χ3v) is 6.46. The molecule has 1 saturated heterocycles. The molecule has 0 aliphatic carbocycles. The van der Waals surface area contributed by atoms with Crippen LogP contribution in [0.15, 0.2) is 23.1 Å². The molecule has 0 saturated carbocycles. The summed E-state index contributed by atoms with van der Waals surface area (Å²) in [5.74, 6) is 0.808. The largest absolute Gasteiger partial charge is 0.497 e. The zero-order chi connectivity index (χ0) is 18.6. The topological polar surface area (TPSA) is 68.3 Å². The summed E-state index contributed by atoms with van der Waals surface area (Å²) in [6, 6.07) is 5.02. The van der Waals surface area contributed by atoms with E-state index in [0.717, 1.165) is 6.54 Å². The van der Waals surface area contributed by atoms with E-state index < -0.39 is 10.0 Å². The van der Waals surface area contributed by atoms with Gasteiger partial charge in [-0.3, -0.25) is 4.90 Å². The van der Waals surface area contributed by atoms with E-state index in [2.05, 4.69) is 4.90 Å². The molecule has 0 N–H and O–H groups in total. The number of hydrogen-bond acceptors (Lipinski definition) is 6. The first-order valence-corrected chi connectivity index (χ1v) is 9.76. The number of nitrogens with zero attached hydrogens (tertiary/aromatic N) is 2. The van der Waals surface area contributed by atoms with Crippen molar-refractivity contribution >= 4 is 10.0 Å². The Morgan fingerprint density at radius 2 is 1.72 bits per heavy atom. The van der Waals surface area contributed by atoms with E-state index in [1.54, 1.807) is 19.2 Å². The predicted octanol–water partition coefficient (Wildman–Crippen LogP) is 1.43. The van der Waals surface area contributed by atoms with Gasteiger partial charge in [-0.25, -0.2) is 8.42 Å². The summed E-state index contributed by atoms with van der Waals surface area (Å²) in [4.78, 5) is 2.41. The monoisotopic (exact) mass is 372 g/mol. The van der Waals surface area contributed by atoms with Crippen molar-refractivity contribution in [3.8, 4) is 11.5 Å². The highest BCUT2D eigenvalue weighted by atomic mass is 32.2. The van der Waals surface area contributed by atoms with E-state index in [-0.39, 0.29) is 17.0 Å². The molecule has 25 heavy (non-hydrogen) atoms. The third-order valence-electron chi connectivity index (χ3n) is 4.61. The fourth-order valence-corrected chi connectivity index (χ4v) is 5.04. The van der Waals surface area contributed by atoms with Gasteiger partial charge in [-0.15, -0.1) is 0 Å². The van der Waals surface area contributed by atoms with E-state index >= 15 is 0 Å². The van der Waals surface area contributed by atoms with Gasteiger partial charge >= 0.3 is 0 Å². The molecule has 142 valence electrons. The molecule has 1 aliphatic rings. The Morgan fingerprint density at radius 1 is 1.08 bits per heavy atom. The van der Waals surface area contributed by atoms with Gasteiger partial charge in [0.05, 0.1) is 20.8 Å². The first-order valence-electron chi connectivity index (χ1n) is 8.32. The SMILES string of the molecule is COCCN1C(C)CN(S(=O)(=O)c2cc(OC)ccc2OC)CC1C. The van der Waals surface area contributed by atoms with Crippen LogP contribution in [0.1, 0.15) is 13.8 Å². The van der Waals surface area contributed by atoms with E-state index in [0.29, 0.717) is 31.2 Å². The Balaban J connectivity index is 2.29. The molecule has 2 atom stereocenters. The van der Waals surface area contributed by atoms with E-state index in [9.17, 15) is 8.42 Å². The quantitative estimate of drug-likeness (QED) is 0.721. The molecule has 7 nitrogen and oxygen atoms in total. The molecule has 0 spiro atoms. The van der Waals surface area contributed by atoms with Crippen molar-refractivity contribution in [3.05, 3.63) is 18.2 Å². The summed E-state index contributed by atoms with van der Waals surface area (Å²) in [6.45, 7) is 6.35. The molecule has 1 aromatic carbocycles. The van der Waals surface area contributed by atoms with Gasteiger partial charge in [0, 0.05) is 44.9 Å². The number of hydrogen-bond donors (Lipinski definition) is 0. The van der Waals surface area contributed by atoms with Crippen molar-refractivity contribution in [2.24, 2.45) is 0 Å². The van der Waals surface area contributed by atoms with Crippen LogP contribution in [0.3, 0.4) is 0 Å². The first-order chi connectivity index (χ1) is 11.8. The lowest BCUT2D eigenvalue weighted by atomic mass is 10.1. The molecule has 1 aliphatic heterocycles. The maximum Gasteiger partial charge on any atom is 0.247 e. The number of ether oxygens (including phenoxy) is 3. The molecule has 0 radical (unpaired) electrons. The van der Waals surface area contributed by atoms with Crippen molar-refractivity contribution in [3.63, 3.8) is 0 Å². The molecule has 1 aromatic rings. The van der Waals surface area contributed by atoms with Crippen molar-refractivity contribution in [1.82, 2.24) is 9.21 Å². The summed E-state index contributed by atoms with van der Waals surface area (Å²) in [6.07, 6.45) is 0. The Labute approximate surface area is 150 Å². The second kappa shape index (κ2) is 8.35. The van der Waals surface area contributed by atoms with Gasteiger partial charge in [0.25, 0.3) is 0 Å². The van der Waals surface area contributed by atoms with Crippen LogP contribution in [0, 0.1) is 0 Å². The second-order valence-electron chi connectivity index (χ2n) is 6.27. The van der Waals surface area contributed by atoms with Crippen LogP contribution >= 0.6 is 0 Å². The minimum atomic E-state index is -3.68. The van der Waals surface area contributed by atoms with Crippen molar-refractivity contribution in [1.29, 1.82) is 0 Å². The van der Waals surface area contributed by atoms with Gasteiger partial charge in [0.2, 0.25) is 10.0 Å². The lowest BCUT2D eigenvalue weighted by molar-refractivity contribution is 0.0495. The Bertz CT molecular complexity index is 668. The fraction of sp³-hybridized carbons (Fsp3) is 0.647. The van der Waals surface area contributed by atoms with Gasteiger partial charge in [-0.1, -0.05) is 0 Å². The van der Waals surface area contributed by atoms with Crippen LogP contribution < -0.4 is 9.47 Å². The molecule has 1 fully saturated rings. The second-order valence-corrected chi connectivity index (χ2v) is 8.17. The van der Waals surface area contributed by atoms with Crippen LogP contribution in [-0.2, 0) is 14.8 Å². The summed E-state index contributed by atoms with van der Waals surface area (Å²) in [5, 5.41) is 0. The summed E-state index contributed by atoms with van der Waals surface area (Å²) < 4.78 is 43.5. The Morgan fingerprint density at radius 3 is 2.24 bits per heavy atom. The number of sulfonamides is 1. The van der Waals surface area contributed by atoms with Crippen LogP contribution in [0.5, 0.6) is 11.5 Å². The van der Waals surface area contributed by atoms with Gasteiger partial charge in [0.1, 0.15) is 16.4 Å². The molecule has 1 heterocycles. The highest BCUT2D eigenvalue weighted by Gasteiger charge is 2.37. The average Bonchev–Trinajstić information content (AvgIpc) is 2.60.